The van der Waals surface area contributed by atoms with E-state index in [9.17, 15) is 0 Å². The van der Waals surface area contributed by atoms with Crippen molar-refractivity contribution in [2.24, 2.45) is 0 Å². The summed E-state index contributed by atoms with van der Waals surface area (Å²) in [5, 5.41) is 0. The van der Waals surface area contributed by atoms with Gasteiger partial charge in [0.15, 0.2) is 0 Å². The molecule has 20 heavy (non-hydrogen) atoms. The Morgan fingerprint density at radius 1 is 1.05 bits per heavy atom. The maximum absolute atomic E-state index is 5.74. The van der Waals surface area contributed by atoms with Crippen molar-refractivity contribution in [1.29, 1.82) is 0 Å². The largest absolute Gasteiger partial charge is 0.493 e. The molecule has 0 amide bonds. The molecule has 0 spiro atoms. The molecule has 3 rings (SSSR count). The van der Waals surface area contributed by atoms with Gasteiger partial charge in [-0.25, -0.2) is 0 Å². The van der Waals surface area contributed by atoms with Gasteiger partial charge in [0, 0.05) is 16.6 Å². The lowest BCUT2D eigenvalue weighted by molar-refractivity contribution is 0.273. The fraction of sp³-hybridized carbons (Fsp3) is 0.333. The molecule has 1 aliphatic rings. The number of benzene rings is 2. The molecular weight excluding hydrogens is 264 g/mol. The molecule has 0 saturated carbocycles. The number of hydrogen-bond acceptors (Lipinski definition) is 2. The molecule has 1 heterocycles. The molecule has 1 unspecified atom stereocenters. The van der Waals surface area contributed by atoms with Crippen LogP contribution in [0.25, 0.3) is 0 Å². The average molecular weight is 284 g/mol. The molecule has 2 heteroatoms. The van der Waals surface area contributed by atoms with Gasteiger partial charge < -0.3 is 4.74 Å². The summed E-state index contributed by atoms with van der Waals surface area (Å²) in [5.74, 6) is 2.81. The van der Waals surface area contributed by atoms with Crippen LogP contribution in [0.1, 0.15) is 29.0 Å². The van der Waals surface area contributed by atoms with E-state index in [2.05, 4.69) is 56.3 Å². The van der Waals surface area contributed by atoms with Gasteiger partial charge in [0.05, 0.1) is 6.61 Å². The van der Waals surface area contributed by atoms with Gasteiger partial charge in [-0.3, -0.25) is 0 Å². The quantitative estimate of drug-likeness (QED) is 0.737. The van der Waals surface area contributed by atoms with E-state index in [1.165, 1.54) is 21.6 Å². The first-order valence-corrected chi connectivity index (χ1v) is 8.15. The highest BCUT2D eigenvalue weighted by Crippen LogP contribution is 2.38. The molecule has 1 nitrogen and oxygen atoms in total. The zero-order valence-corrected chi connectivity index (χ0v) is 12.9. The van der Waals surface area contributed by atoms with Gasteiger partial charge >= 0.3 is 0 Å². The van der Waals surface area contributed by atoms with Gasteiger partial charge in [0.2, 0.25) is 0 Å². The average Bonchev–Trinajstić information content (AvgIpc) is 2.47. The lowest BCUT2D eigenvalue weighted by atomic mass is 9.95. The Balaban J connectivity index is 1.77. The lowest BCUT2D eigenvalue weighted by Gasteiger charge is -2.26. The minimum absolute atomic E-state index is 0.601. The van der Waals surface area contributed by atoms with E-state index in [0.717, 1.165) is 24.5 Å². The third-order valence-electron chi connectivity index (χ3n) is 3.92. The summed E-state index contributed by atoms with van der Waals surface area (Å²) in [6.45, 7) is 5.25. The Kier molecular flexibility index (Phi) is 4.02. The van der Waals surface area contributed by atoms with Crippen LogP contribution in [0.3, 0.4) is 0 Å². The standard InChI is InChI=1S/C18H20OS/c1-13-6-5-7-14(2)18(13)20-12-15-10-11-19-17-9-4-3-8-16(15)17/h3-9,15H,10-12H2,1-2H3. The van der Waals surface area contributed by atoms with Crippen molar-refractivity contribution in [2.45, 2.75) is 31.1 Å². The van der Waals surface area contributed by atoms with Crippen LogP contribution in [0, 0.1) is 13.8 Å². The first-order valence-electron chi connectivity index (χ1n) is 7.16. The summed E-state index contributed by atoms with van der Waals surface area (Å²) in [4.78, 5) is 1.44. The number of para-hydroxylation sites is 1. The van der Waals surface area contributed by atoms with Crippen molar-refractivity contribution in [3.8, 4) is 5.75 Å². The van der Waals surface area contributed by atoms with Gasteiger partial charge in [-0.15, -0.1) is 11.8 Å². The van der Waals surface area contributed by atoms with E-state index in [-0.39, 0.29) is 0 Å². The predicted molar refractivity (Wildman–Crippen MR) is 85.9 cm³/mol. The number of rotatable bonds is 3. The van der Waals surface area contributed by atoms with E-state index in [0.29, 0.717) is 5.92 Å². The van der Waals surface area contributed by atoms with E-state index < -0.39 is 0 Å². The van der Waals surface area contributed by atoms with Crippen LogP contribution in [-0.2, 0) is 0 Å². The second-order valence-corrected chi connectivity index (χ2v) is 6.43. The number of ether oxygens (including phenoxy) is 1. The van der Waals surface area contributed by atoms with Gasteiger partial charge in [-0.2, -0.15) is 0 Å². The Labute approximate surface area is 125 Å². The third kappa shape index (κ3) is 2.71. The van der Waals surface area contributed by atoms with Crippen LogP contribution < -0.4 is 4.74 Å². The van der Waals surface area contributed by atoms with Crippen LogP contribution in [0.2, 0.25) is 0 Å². The molecule has 104 valence electrons. The summed E-state index contributed by atoms with van der Waals surface area (Å²) in [6.07, 6.45) is 1.12. The molecule has 0 bridgehead atoms. The Morgan fingerprint density at radius 3 is 2.60 bits per heavy atom. The SMILES string of the molecule is Cc1cccc(C)c1SCC1CCOc2ccccc21. The molecule has 0 fully saturated rings. The van der Waals surface area contributed by atoms with Crippen LogP contribution in [0.5, 0.6) is 5.75 Å². The van der Waals surface area contributed by atoms with Crippen molar-refractivity contribution in [3.05, 3.63) is 59.2 Å². The fourth-order valence-electron chi connectivity index (χ4n) is 2.80. The second kappa shape index (κ2) is 5.92. The van der Waals surface area contributed by atoms with Gasteiger partial charge in [0.1, 0.15) is 5.75 Å². The smallest absolute Gasteiger partial charge is 0.122 e. The molecule has 0 N–H and O–H groups in total. The van der Waals surface area contributed by atoms with Gasteiger partial charge in [0.25, 0.3) is 0 Å². The van der Waals surface area contributed by atoms with Crippen LogP contribution in [0.4, 0.5) is 0 Å². The van der Waals surface area contributed by atoms with Gasteiger partial charge in [-0.05, 0) is 43.0 Å². The van der Waals surface area contributed by atoms with Gasteiger partial charge in [-0.1, -0.05) is 36.4 Å². The third-order valence-corrected chi connectivity index (χ3v) is 5.42. The summed E-state index contributed by atoms with van der Waals surface area (Å²) in [7, 11) is 0. The molecule has 0 aromatic heterocycles. The normalized spacial score (nSPS) is 17.4. The topological polar surface area (TPSA) is 9.23 Å². The number of thioether (sulfide) groups is 1. The first kappa shape index (κ1) is 13.6. The van der Waals surface area contributed by atoms with Crippen molar-refractivity contribution < 1.29 is 4.74 Å². The molecule has 2 aromatic carbocycles. The molecule has 0 radical (unpaired) electrons. The second-order valence-electron chi connectivity index (χ2n) is 5.40. The molecule has 0 saturated heterocycles. The van der Waals surface area contributed by atoms with E-state index in [1.54, 1.807) is 0 Å². The minimum Gasteiger partial charge on any atom is -0.493 e. The highest BCUT2D eigenvalue weighted by molar-refractivity contribution is 7.99. The van der Waals surface area contributed by atoms with Crippen molar-refractivity contribution in [3.63, 3.8) is 0 Å². The van der Waals surface area contributed by atoms with Crippen molar-refractivity contribution in [2.75, 3.05) is 12.4 Å². The summed E-state index contributed by atoms with van der Waals surface area (Å²) in [6, 6.07) is 15.0. The summed E-state index contributed by atoms with van der Waals surface area (Å²) >= 11 is 1.99. The lowest BCUT2D eigenvalue weighted by Crippen LogP contribution is -2.15. The van der Waals surface area contributed by atoms with E-state index in [1.807, 2.05) is 11.8 Å². The molecule has 2 aromatic rings. The Bertz CT molecular complexity index is 586. The van der Waals surface area contributed by atoms with Crippen LogP contribution in [-0.4, -0.2) is 12.4 Å². The minimum atomic E-state index is 0.601. The Morgan fingerprint density at radius 2 is 1.80 bits per heavy atom. The van der Waals surface area contributed by atoms with Crippen LogP contribution >= 0.6 is 11.8 Å². The molecule has 1 atom stereocenters. The first-order chi connectivity index (χ1) is 9.75. The zero-order chi connectivity index (χ0) is 13.9. The predicted octanol–water partition coefficient (Wildman–Crippen LogP) is 4.96. The van der Waals surface area contributed by atoms with E-state index in [4.69, 9.17) is 4.74 Å². The van der Waals surface area contributed by atoms with Crippen molar-refractivity contribution in [1.82, 2.24) is 0 Å². The monoisotopic (exact) mass is 284 g/mol. The molecule has 0 aliphatic carbocycles. The fourth-order valence-corrected chi connectivity index (χ4v) is 4.11. The highest BCUT2D eigenvalue weighted by atomic mass is 32.2. The number of aryl methyl sites for hydroxylation is 2. The molecular formula is C18H20OS. The molecule has 1 aliphatic heterocycles. The van der Waals surface area contributed by atoms with Crippen LogP contribution in [0.15, 0.2) is 47.4 Å². The maximum Gasteiger partial charge on any atom is 0.122 e. The van der Waals surface area contributed by atoms with Crippen molar-refractivity contribution >= 4 is 11.8 Å². The number of hydrogen-bond donors (Lipinski definition) is 0. The summed E-state index contributed by atoms with van der Waals surface area (Å²) < 4.78 is 5.74. The maximum atomic E-state index is 5.74. The zero-order valence-electron chi connectivity index (χ0n) is 12.1. The van der Waals surface area contributed by atoms with E-state index >= 15 is 0 Å². The number of fused-ring (bicyclic) bond motifs is 1. The summed E-state index contributed by atoms with van der Waals surface area (Å²) in [5.41, 5.74) is 4.14. The highest BCUT2D eigenvalue weighted by Gasteiger charge is 2.21. The Hall–Kier alpha value is -1.41.